The maximum absolute atomic E-state index is 11.7. The Morgan fingerprint density at radius 3 is 2.67 bits per heavy atom. The highest BCUT2D eigenvalue weighted by Gasteiger charge is 2.39. The minimum Gasteiger partial charge on any atom is -0.465 e. The molecule has 6 heteroatoms. The fraction of sp³-hybridized carbons (Fsp3) is 0.407. The predicted octanol–water partition coefficient (Wildman–Crippen LogP) is 4.26. The second kappa shape index (κ2) is 8.43. The summed E-state index contributed by atoms with van der Waals surface area (Å²) >= 11 is 0. The van der Waals surface area contributed by atoms with Crippen LogP contribution in [0.4, 0.5) is 0 Å². The highest BCUT2D eigenvalue weighted by atomic mass is 16.5. The Morgan fingerprint density at radius 1 is 1.18 bits per heavy atom. The van der Waals surface area contributed by atoms with E-state index in [1.54, 1.807) is 12.1 Å². The van der Waals surface area contributed by atoms with Gasteiger partial charge in [0.15, 0.2) is 0 Å². The summed E-state index contributed by atoms with van der Waals surface area (Å²) in [6.07, 6.45) is 9.74. The van der Waals surface area contributed by atoms with E-state index >= 15 is 0 Å². The third-order valence-electron chi connectivity index (χ3n) is 6.85. The monoisotopic (exact) mass is 445 g/mol. The molecule has 1 aromatic carbocycles. The first-order valence-corrected chi connectivity index (χ1v) is 11.6. The van der Waals surface area contributed by atoms with Gasteiger partial charge in [0.1, 0.15) is 5.65 Å². The van der Waals surface area contributed by atoms with Crippen LogP contribution in [-0.4, -0.2) is 56.9 Å². The molecule has 2 bridgehead atoms. The van der Waals surface area contributed by atoms with Crippen molar-refractivity contribution in [2.24, 2.45) is 0 Å². The second-order valence-corrected chi connectivity index (χ2v) is 9.91. The molecule has 0 amide bonds. The molecule has 2 unspecified atom stereocenters. The molecule has 0 radical (unpaired) electrons. The summed E-state index contributed by atoms with van der Waals surface area (Å²) in [6.45, 7) is 5.18. The highest BCUT2D eigenvalue weighted by molar-refractivity contribution is 5.91. The maximum atomic E-state index is 11.7. The minimum absolute atomic E-state index is 0.324. The quantitative estimate of drug-likeness (QED) is 0.574. The number of nitrogens with zero attached hydrogens (tertiary/aromatic N) is 3. The van der Waals surface area contributed by atoms with Gasteiger partial charge in [-0.25, -0.2) is 9.78 Å². The van der Waals surface area contributed by atoms with Gasteiger partial charge in [0.2, 0.25) is 0 Å². The number of aromatic nitrogens is 2. The predicted molar refractivity (Wildman–Crippen MR) is 129 cm³/mol. The third-order valence-corrected chi connectivity index (χ3v) is 6.85. The van der Waals surface area contributed by atoms with E-state index in [0.29, 0.717) is 30.7 Å². The number of esters is 1. The summed E-state index contributed by atoms with van der Waals surface area (Å²) in [5, 5.41) is 11.5. The maximum Gasteiger partial charge on any atom is 0.337 e. The molecule has 5 rings (SSSR count). The lowest BCUT2D eigenvalue weighted by Crippen LogP contribution is -2.46. The first kappa shape index (κ1) is 21.9. The zero-order valence-corrected chi connectivity index (χ0v) is 19.5. The van der Waals surface area contributed by atoms with Crippen molar-refractivity contribution in [2.75, 3.05) is 13.7 Å². The third kappa shape index (κ3) is 4.33. The molecule has 1 fully saturated rings. The van der Waals surface area contributed by atoms with Gasteiger partial charge in [0.05, 0.1) is 18.3 Å². The second-order valence-electron chi connectivity index (χ2n) is 9.91. The van der Waals surface area contributed by atoms with Crippen molar-refractivity contribution in [3.8, 4) is 0 Å². The lowest BCUT2D eigenvalue weighted by atomic mass is 9.92. The lowest BCUT2D eigenvalue weighted by molar-refractivity contribution is 0.0229. The largest absolute Gasteiger partial charge is 0.465 e. The number of carbonyl (C=O) groups excluding carboxylic acids is 1. The van der Waals surface area contributed by atoms with E-state index in [2.05, 4.69) is 38.9 Å². The number of carbonyl (C=O) groups is 1. The molecule has 0 aliphatic carbocycles. The van der Waals surface area contributed by atoms with E-state index in [0.717, 1.165) is 24.1 Å². The molecule has 33 heavy (non-hydrogen) atoms. The number of pyridine rings is 1. The van der Waals surface area contributed by atoms with Crippen LogP contribution in [0.1, 0.15) is 54.6 Å². The Bertz CT molecular complexity index is 1200. The summed E-state index contributed by atoms with van der Waals surface area (Å²) in [6, 6.07) is 12.7. The van der Waals surface area contributed by atoms with Crippen LogP contribution < -0.4 is 0 Å². The summed E-state index contributed by atoms with van der Waals surface area (Å²) in [4.78, 5) is 18.8. The van der Waals surface area contributed by atoms with Crippen LogP contribution >= 0.6 is 0 Å². The zero-order valence-electron chi connectivity index (χ0n) is 19.5. The summed E-state index contributed by atoms with van der Waals surface area (Å²) in [5.41, 5.74) is 4.60. The number of hydrogen-bond donors (Lipinski definition) is 1. The van der Waals surface area contributed by atoms with E-state index < -0.39 is 5.60 Å². The summed E-state index contributed by atoms with van der Waals surface area (Å²) < 4.78 is 6.94. The van der Waals surface area contributed by atoms with Crippen molar-refractivity contribution < 1.29 is 14.6 Å². The van der Waals surface area contributed by atoms with Crippen LogP contribution in [0.25, 0.3) is 16.6 Å². The molecule has 2 atom stereocenters. The van der Waals surface area contributed by atoms with E-state index in [1.807, 2.05) is 32.2 Å². The average molecular weight is 446 g/mol. The Kier molecular flexibility index (Phi) is 5.59. The number of benzene rings is 1. The molecule has 2 aromatic heterocycles. The van der Waals surface area contributed by atoms with Crippen LogP contribution in [0.3, 0.4) is 0 Å². The van der Waals surface area contributed by atoms with Gasteiger partial charge < -0.3 is 14.4 Å². The van der Waals surface area contributed by atoms with Gasteiger partial charge in [-0.15, -0.1) is 0 Å². The van der Waals surface area contributed by atoms with Gasteiger partial charge in [-0.2, -0.15) is 0 Å². The Labute approximate surface area is 194 Å². The van der Waals surface area contributed by atoms with Gasteiger partial charge in [-0.05, 0) is 74.1 Å². The molecule has 172 valence electrons. The molecular formula is C27H31N3O3. The first-order chi connectivity index (χ1) is 15.8. The van der Waals surface area contributed by atoms with E-state index in [1.165, 1.54) is 30.1 Å². The molecule has 3 aromatic rings. The number of aliphatic hydroxyl groups is 1. The van der Waals surface area contributed by atoms with Crippen molar-refractivity contribution in [3.05, 3.63) is 71.6 Å². The Morgan fingerprint density at radius 2 is 1.97 bits per heavy atom. The van der Waals surface area contributed by atoms with Crippen molar-refractivity contribution in [1.29, 1.82) is 0 Å². The Hall–Kier alpha value is -2.96. The molecule has 2 aliphatic heterocycles. The van der Waals surface area contributed by atoms with E-state index in [-0.39, 0.29) is 5.97 Å². The van der Waals surface area contributed by atoms with Gasteiger partial charge >= 0.3 is 5.97 Å². The summed E-state index contributed by atoms with van der Waals surface area (Å²) in [7, 11) is 1.39. The van der Waals surface area contributed by atoms with Crippen LogP contribution in [-0.2, 0) is 11.3 Å². The number of hydrogen-bond acceptors (Lipinski definition) is 5. The highest BCUT2D eigenvalue weighted by Crippen LogP contribution is 2.40. The number of methoxy groups -OCH3 is 1. The van der Waals surface area contributed by atoms with Crippen molar-refractivity contribution in [1.82, 2.24) is 14.5 Å². The smallest absolute Gasteiger partial charge is 0.337 e. The van der Waals surface area contributed by atoms with Crippen LogP contribution in [0.15, 0.2) is 54.9 Å². The molecule has 1 N–H and O–H groups in total. The van der Waals surface area contributed by atoms with Crippen molar-refractivity contribution in [3.63, 3.8) is 0 Å². The molecule has 6 nitrogen and oxygen atoms in total. The average Bonchev–Trinajstić information content (AvgIpc) is 3.28. The molecule has 0 spiro atoms. The molecular weight excluding hydrogens is 414 g/mol. The van der Waals surface area contributed by atoms with Gasteiger partial charge in [0.25, 0.3) is 0 Å². The van der Waals surface area contributed by atoms with Crippen LogP contribution in [0.5, 0.6) is 0 Å². The van der Waals surface area contributed by atoms with Crippen molar-refractivity contribution in [2.45, 2.75) is 57.3 Å². The van der Waals surface area contributed by atoms with Gasteiger partial charge in [-0.1, -0.05) is 18.2 Å². The number of ether oxygens (including phenoxy) is 1. The lowest BCUT2D eigenvalue weighted by Gasteiger charge is -2.37. The minimum atomic E-state index is -0.678. The fourth-order valence-corrected chi connectivity index (χ4v) is 5.37. The first-order valence-electron chi connectivity index (χ1n) is 11.6. The molecule has 4 heterocycles. The summed E-state index contributed by atoms with van der Waals surface area (Å²) in [5.74, 6) is -0.324. The topological polar surface area (TPSA) is 67.6 Å². The Balaban J connectivity index is 1.41. The standard InChI is InChI=1S/C27H31N3O3/c1-27(2,32)17-30-21-8-9-22(30)15-20(14-21)23-10-12-28-25-24(23)11-13-29(25)16-18-4-6-19(7-5-18)26(31)33-3/h4-7,10-14,21-22,32H,8-9,15-17H2,1-3H3. The fourth-order valence-electron chi connectivity index (χ4n) is 5.37. The van der Waals surface area contributed by atoms with Crippen LogP contribution in [0.2, 0.25) is 0 Å². The SMILES string of the molecule is COC(=O)c1ccc(Cn2ccc3c(C4=CC5CCC(C4)N5CC(C)(C)O)ccnc32)cc1. The van der Waals surface area contributed by atoms with E-state index in [9.17, 15) is 9.90 Å². The van der Waals surface area contributed by atoms with Gasteiger partial charge in [-0.3, -0.25) is 4.90 Å². The van der Waals surface area contributed by atoms with Crippen LogP contribution in [0, 0.1) is 0 Å². The van der Waals surface area contributed by atoms with E-state index in [4.69, 9.17) is 4.74 Å². The molecule has 1 saturated heterocycles. The van der Waals surface area contributed by atoms with Gasteiger partial charge in [0, 0.05) is 43.0 Å². The number of rotatable bonds is 6. The molecule has 2 aliphatic rings. The number of fused-ring (bicyclic) bond motifs is 3. The van der Waals surface area contributed by atoms with Crippen molar-refractivity contribution >= 4 is 22.6 Å². The molecule has 0 saturated carbocycles. The zero-order chi connectivity index (χ0) is 23.2. The normalized spacial score (nSPS) is 20.8.